The van der Waals surface area contributed by atoms with Crippen LogP contribution in [0.3, 0.4) is 0 Å². The standard InChI is InChI=1S/C22H24F3N4O6P/c1-3-34-36(32,35-4-2)14-19(30)27-28-20-21(31)29(33-13-15-8-6-5-7-9-15)18-12-16(22(23,24)25)10-11-17(18)26-20/h5-12H,3-4,13-14H2,1-2H3,(H,26,28)(H,27,30). The summed E-state index contributed by atoms with van der Waals surface area (Å²) in [5, 5.41) is 0. The molecule has 0 fully saturated rings. The Balaban J connectivity index is 1.92. The van der Waals surface area contributed by atoms with E-state index in [2.05, 4.69) is 15.8 Å². The maximum Gasteiger partial charge on any atom is 0.416 e. The molecule has 10 nitrogen and oxygen atoms in total. The number of anilines is 1. The van der Waals surface area contributed by atoms with Crippen molar-refractivity contribution in [3.8, 4) is 0 Å². The molecule has 0 saturated heterocycles. The molecule has 1 aromatic heterocycles. The number of rotatable bonds is 11. The SMILES string of the molecule is CCOP(=O)(CC(=O)NNc1nc2ccc(C(F)(F)F)cc2n(OCc2ccccc2)c1=O)OCC. The Labute approximate surface area is 203 Å². The Morgan fingerprint density at radius 1 is 1.08 bits per heavy atom. The zero-order valence-corrected chi connectivity index (χ0v) is 20.3. The topological polar surface area (TPSA) is 121 Å². The lowest BCUT2D eigenvalue weighted by molar-refractivity contribution is -0.137. The summed E-state index contributed by atoms with van der Waals surface area (Å²) in [5.74, 6) is -1.27. The average Bonchev–Trinajstić information content (AvgIpc) is 2.82. The zero-order chi connectivity index (χ0) is 26.3. The highest BCUT2D eigenvalue weighted by Gasteiger charge is 2.31. The second-order valence-electron chi connectivity index (χ2n) is 7.30. The van der Waals surface area contributed by atoms with Crippen molar-refractivity contribution in [2.75, 3.05) is 24.8 Å². The van der Waals surface area contributed by atoms with Crippen LogP contribution in [0.4, 0.5) is 19.0 Å². The lowest BCUT2D eigenvalue weighted by Crippen LogP contribution is -2.38. The zero-order valence-electron chi connectivity index (χ0n) is 19.4. The Bertz CT molecular complexity index is 1310. The van der Waals surface area contributed by atoms with Gasteiger partial charge in [-0.3, -0.25) is 25.0 Å². The van der Waals surface area contributed by atoms with E-state index in [1.165, 1.54) is 0 Å². The van der Waals surface area contributed by atoms with Gasteiger partial charge in [-0.15, -0.1) is 4.73 Å². The second kappa shape index (κ2) is 11.5. The van der Waals surface area contributed by atoms with Crippen LogP contribution in [0.2, 0.25) is 0 Å². The fourth-order valence-electron chi connectivity index (χ4n) is 3.12. The third-order valence-electron chi connectivity index (χ3n) is 4.65. The fourth-order valence-corrected chi connectivity index (χ4v) is 4.59. The lowest BCUT2D eigenvalue weighted by Gasteiger charge is -2.17. The predicted octanol–water partition coefficient (Wildman–Crippen LogP) is 3.75. The Kier molecular flexibility index (Phi) is 8.72. The van der Waals surface area contributed by atoms with Gasteiger partial charge in [-0.2, -0.15) is 13.2 Å². The number of nitrogens with zero attached hydrogens (tertiary/aromatic N) is 2. The number of aromatic nitrogens is 2. The van der Waals surface area contributed by atoms with Gasteiger partial charge in [0.2, 0.25) is 5.82 Å². The van der Waals surface area contributed by atoms with Gasteiger partial charge in [-0.1, -0.05) is 30.3 Å². The average molecular weight is 528 g/mol. The van der Waals surface area contributed by atoms with Gasteiger partial charge in [0.15, 0.2) is 0 Å². The summed E-state index contributed by atoms with van der Waals surface area (Å²) in [6.07, 6.45) is -5.29. The summed E-state index contributed by atoms with van der Waals surface area (Å²) in [6, 6.07) is 11.3. The molecule has 14 heteroatoms. The number of hydrogen-bond donors (Lipinski definition) is 2. The van der Waals surface area contributed by atoms with Crippen molar-refractivity contribution in [3.05, 3.63) is 70.0 Å². The van der Waals surface area contributed by atoms with E-state index in [9.17, 15) is 27.3 Å². The van der Waals surface area contributed by atoms with Gasteiger partial charge in [0.05, 0.1) is 24.3 Å². The monoisotopic (exact) mass is 528 g/mol. The van der Waals surface area contributed by atoms with Crippen molar-refractivity contribution in [1.29, 1.82) is 0 Å². The summed E-state index contributed by atoms with van der Waals surface area (Å²) in [4.78, 5) is 34.9. The number of amides is 1. The number of nitrogens with one attached hydrogen (secondary N) is 2. The maximum absolute atomic E-state index is 13.3. The number of halogens is 3. The number of carbonyl (C=O) groups excluding carboxylic acids is 1. The van der Waals surface area contributed by atoms with E-state index in [1.54, 1.807) is 44.2 Å². The van der Waals surface area contributed by atoms with E-state index in [-0.39, 0.29) is 30.9 Å². The summed E-state index contributed by atoms with van der Waals surface area (Å²) in [6.45, 7) is 3.14. The molecule has 3 aromatic rings. The number of hydrazine groups is 1. The molecule has 0 saturated carbocycles. The molecule has 2 N–H and O–H groups in total. The molecule has 194 valence electrons. The van der Waals surface area contributed by atoms with E-state index >= 15 is 0 Å². The molecule has 0 spiro atoms. The Hall–Kier alpha value is -3.41. The first kappa shape index (κ1) is 27.2. The highest BCUT2D eigenvalue weighted by molar-refractivity contribution is 7.54. The molecule has 1 heterocycles. The first-order valence-electron chi connectivity index (χ1n) is 10.8. The van der Waals surface area contributed by atoms with Crippen molar-refractivity contribution in [2.45, 2.75) is 26.6 Å². The lowest BCUT2D eigenvalue weighted by atomic mass is 10.2. The van der Waals surface area contributed by atoms with Crippen molar-refractivity contribution < 1.29 is 36.4 Å². The molecule has 0 aliphatic carbocycles. The molecule has 0 atom stereocenters. The smallest absolute Gasteiger partial charge is 0.405 e. The minimum atomic E-state index is -4.66. The molecule has 0 aliphatic rings. The van der Waals surface area contributed by atoms with E-state index in [0.717, 1.165) is 18.2 Å². The van der Waals surface area contributed by atoms with Crippen molar-refractivity contribution in [3.63, 3.8) is 0 Å². The van der Waals surface area contributed by atoms with Crippen LogP contribution in [0.1, 0.15) is 25.0 Å². The minimum absolute atomic E-state index is 0.0123. The summed E-state index contributed by atoms with van der Waals surface area (Å²) >= 11 is 0. The third kappa shape index (κ3) is 6.84. The molecule has 3 rings (SSSR count). The van der Waals surface area contributed by atoms with Gasteiger partial charge in [0, 0.05) is 0 Å². The van der Waals surface area contributed by atoms with E-state index in [0.29, 0.717) is 10.3 Å². The van der Waals surface area contributed by atoms with Crippen LogP contribution in [0.15, 0.2) is 53.3 Å². The number of carbonyl (C=O) groups is 1. The van der Waals surface area contributed by atoms with Crippen LogP contribution in [0.25, 0.3) is 11.0 Å². The highest BCUT2D eigenvalue weighted by Crippen LogP contribution is 2.47. The molecular weight excluding hydrogens is 504 g/mol. The van der Waals surface area contributed by atoms with Gasteiger partial charge in [0.25, 0.3) is 5.91 Å². The Morgan fingerprint density at radius 2 is 1.75 bits per heavy atom. The number of benzene rings is 2. The number of hydrogen-bond acceptors (Lipinski definition) is 8. The van der Waals surface area contributed by atoms with Crippen molar-refractivity contribution >= 4 is 30.4 Å². The largest absolute Gasteiger partial charge is 0.416 e. The predicted molar refractivity (Wildman–Crippen MR) is 125 cm³/mol. The van der Waals surface area contributed by atoms with E-state index in [1.807, 2.05) is 0 Å². The molecule has 0 unspecified atom stereocenters. The van der Waals surface area contributed by atoms with Crippen LogP contribution < -0.4 is 21.2 Å². The van der Waals surface area contributed by atoms with E-state index in [4.69, 9.17) is 13.9 Å². The molecule has 36 heavy (non-hydrogen) atoms. The summed E-state index contributed by atoms with van der Waals surface area (Å²) in [7, 11) is -3.71. The first-order valence-corrected chi connectivity index (χ1v) is 12.5. The molecule has 0 bridgehead atoms. The van der Waals surface area contributed by atoms with Gasteiger partial charge < -0.3 is 13.9 Å². The minimum Gasteiger partial charge on any atom is -0.405 e. The molecule has 0 aliphatic heterocycles. The normalized spacial score (nSPS) is 11.9. The summed E-state index contributed by atoms with van der Waals surface area (Å²) in [5.41, 5.74) is 2.96. The number of fused-ring (bicyclic) bond motifs is 1. The van der Waals surface area contributed by atoms with E-state index < -0.39 is 42.8 Å². The van der Waals surface area contributed by atoms with Gasteiger partial charge >= 0.3 is 19.3 Å². The molecule has 0 radical (unpaired) electrons. The van der Waals surface area contributed by atoms with Crippen molar-refractivity contribution in [2.24, 2.45) is 0 Å². The maximum atomic E-state index is 13.3. The summed E-state index contributed by atoms with van der Waals surface area (Å²) < 4.78 is 63.2. The third-order valence-corrected chi connectivity index (χ3v) is 6.63. The molecule has 1 amide bonds. The van der Waals surface area contributed by atoms with Gasteiger partial charge in [-0.25, -0.2) is 4.98 Å². The van der Waals surface area contributed by atoms with Crippen LogP contribution in [-0.2, 0) is 31.2 Å². The second-order valence-corrected chi connectivity index (χ2v) is 9.35. The van der Waals surface area contributed by atoms with Crippen molar-refractivity contribution in [1.82, 2.24) is 15.1 Å². The van der Waals surface area contributed by atoms with Crippen LogP contribution in [0, 0.1) is 0 Å². The molecular formula is C22H24F3N4O6P. The van der Waals surface area contributed by atoms with Gasteiger partial charge in [0.1, 0.15) is 18.3 Å². The highest BCUT2D eigenvalue weighted by atomic mass is 31.2. The van der Waals surface area contributed by atoms with Crippen LogP contribution in [0.5, 0.6) is 0 Å². The van der Waals surface area contributed by atoms with Crippen LogP contribution in [-0.4, -0.2) is 35.0 Å². The molecule has 2 aromatic carbocycles. The Morgan fingerprint density at radius 3 is 2.36 bits per heavy atom. The fraction of sp³-hybridized carbons (Fsp3) is 0.318. The van der Waals surface area contributed by atoms with Crippen LogP contribution >= 0.6 is 7.60 Å². The number of alkyl halides is 3. The first-order chi connectivity index (χ1) is 17.1. The van der Waals surface area contributed by atoms with Gasteiger partial charge in [-0.05, 0) is 37.6 Å². The quantitative estimate of drug-likeness (QED) is 0.285.